The van der Waals surface area contributed by atoms with Gasteiger partial charge in [-0.05, 0) is 55.2 Å². The van der Waals surface area contributed by atoms with Crippen molar-refractivity contribution in [3.05, 3.63) is 88.0 Å². The van der Waals surface area contributed by atoms with Crippen LogP contribution in [0.4, 0.5) is 0 Å². The van der Waals surface area contributed by atoms with Gasteiger partial charge in [-0.15, -0.1) is 35.3 Å². The molecule has 0 N–H and O–H groups in total. The first-order valence-corrected chi connectivity index (χ1v) is 13.0. The fraction of sp³-hybridized carbons (Fsp3) is 0.111. The van der Waals surface area contributed by atoms with Crippen molar-refractivity contribution in [1.29, 1.82) is 0 Å². The lowest BCUT2D eigenvalue weighted by Gasteiger charge is -2.07. The number of fused-ring (bicyclic) bond motifs is 3. The molecule has 30 heavy (non-hydrogen) atoms. The van der Waals surface area contributed by atoms with Crippen LogP contribution >= 0.6 is 35.3 Å². The fourth-order valence-corrected chi connectivity index (χ4v) is 4.93. The van der Waals surface area contributed by atoms with Crippen LogP contribution in [0.2, 0.25) is 0 Å². The van der Waals surface area contributed by atoms with E-state index in [2.05, 4.69) is 90.7 Å². The predicted molar refractivity (Wildman–Crippen MR) is 133 cm³/mol. The molecule has 0 bridgehead atoms. The largest absolute Gasteiger partial charge is 0.128 e. The van der Waals surface area contributed by atoms with Gasteiger partial charge in [-0.3, -0.25) is 0 Å². The van der Waals surface area contributed by atoms with Crippen molar-refractivity contribution >= 4 is 35.3 Å². The molecule has 0 saturated heterocycles. The molecule has 0 atom stereocenters. The van der Waals surface area contributed by atoms with Crippen molar-refractivity contribution in [1.82, 2.24) is 0 Å². The van der Waals surface area contributed by atoms with Gasteiger partial charge in [-0.2, -0.15) is 0 Å². The van der Waals surface area contributed by atoms with Crippen molar-refractivity contribution < 1.29 is 0 Å². The van der Waals surface area contributed by atoms with Gasteiger partial charge in [-0.25, -0.2) is 0 Å². The van der Waals surface area contributed by atoms with Crippen molar-refractivity contribution in [2.24, 2.45) is 0 Å². The van der Waals surface area contributed by atoms with Crippen LogP contribution in [0.3, 0.4) is 0 Å². The van der Waals surface area contributed by atoms with E-state index in [1.165, 1.54) is 0 Å². The molecule has 0 radical (unpaired) electrons. The summed E-state index contributed by atoms with van der Waals surface area (Å²) >= 11 is 5.09. The molecule has 3 aromatic carbocycles. The van der Waals surface area contributed by atoms with Gasteiger partial charge in [0, 0.05) is 31.4 Å². The van der Waals surface area contributed by atoms with Crippen LogP contribution in [0.5, 0.6) is 0 Å². The molecule has 0 heterocycles. The minimum absolute atomic E-state index is 0.951. The van der Waals surface area contributed by atoms with E-state index in [1.54, 1.807) is 35.3 Å². The van der Waals surface area contributed by atoms with Crippen LogP contribution in [0.1, 0.15) is 33.4 Å². The lowest BCUT2D eigenvalue weighted by Crippen LogP contribution is -1.93. The van der Waals surface area contributed by atoms with Crippen LogP contribution in [0, 0.1) is 35.5 Å². The zero-order chi connectivity index (χ0) is 20.9. The highest BCUT2D eigenvalue weighted by Gasteiger charge is 2.09. The van der Waals surface area contributed by atoms with E-state index in [1.807, 2.05) is 18.2 Å². The van der Waals surface area contributed by atoms with Crippen LogP contribution in [0.25, 0.3) is 0 Å². The van der Waals surface area contributed by atoms with E-state index >= 15 is 0 Å². The third-order valence-corrected chi connectivity index (χ3v) is 7.05. The second-order valence-corrected chi connectivity index (χ2v) is 8.94. The maximum atomic E-state index is 3.41. The van der Waals surface area contributed by atoms with Crippen LogP contribution in [0.15, 0.2) is 69.3 Å². The Morgan fingerprint density at radius 2 is 0.733 bits per heavy atom. The second kappa shape index (κ2) is 9.47. The monoisotopic (exact) mass is 438 g/mol. The molecule has 0 amide bonds. The molecule has 0 saturated carbocycles. The Morgan fingerprint density at radius 1 is 0.433 bits per heavy atom. The number of thioether (sulfide) groups is 3. The Labute approximate surface area is 191 Å². The average molecular weight is 439 g/mol. The molecular weight excluding hydrogens is 420 g/mol. The maximum Gasteiger partial charge on any atom is 0.0541 e. The Kier molecular flexibility index (Phi) is 6.52. The van der Waals surface area contributed by atoms with E-state index in [9.17, 15) is 0 Å². The zero-order valence-corrected chi connectivity index (χ0v) is 19.4. The summed E-state index contributed by atoms with van der Waals surface area (Å²) in [6, 6.07) is 18.6. The lowest BCUT2D eigenvalue weighted by atomic mass is 10.0. The van der Waals surface area contributed by atoms with E-state index < -0.39 is 0 Å². The minimum atomic E-state index is 0.951. The van der Waals surface area contributed by atoms with Gasteiger partial charge < -0.3 is 0 Å². The zero-order valence-electron chi connectivity index (χ0n) is 16.9. The van der Waals surface area contributed by atoms with Crippen molar-refractivity contribution in [3.8, 4) is 35.5 Å². The van der Waals surface area contributed by atoms with Gasteiger partial charge in [0.15, 0.2) is 0 Å². The van der Waals surface area contributed by atoms with E-state index in [4.69, 9.17) is 0 Å². The third kappa shape index (κ3) is 4.14. The number of benzene rings is 3. The Hall–Kier alpha value is -2.61. The van der Waals surface area contributed by atoms with E-state index in [-0.39, 0.29) is 0 Å². The highest BCUT2D eigenvalue weighted by molar-refractivity contribution is 7.99. The standard InChI is InChI=1S/C27H18S3/c1-28-25-10-4-7-19-14-17-23-21(9-6-12-26(23)29-2)15-18-24-20(13-16-22(19)25)8-5-11-27(24)30-3/h4-12H,1-3H3. The quantitative estimate of drug-likeness (QED) is 0.270. The molecule has 0 aliphatic heterocycles. The van der Waals surface area contributed by atoms with Gasteiger partial charge in [0.25, 0.3) is 0 Å². The summed E-state index contributed by atoms with van der Waals surface area (Å²) < 4.78 is 0. The van der Waals surface area contributed by atoms with Crippen molar-refractivity contribution in [2.45, 2.75) is 14.7 Å². The van der Waals surface area contributed by atoms with Crippen LogP contribution in [-0.4, -0.2) is 18.8 Å². The summed E-state index contributed by atoms with van der Waals surface area (Å²) in [7, 11) is 0. The first kappa shape index (κ1) is 20.7. The number of hydrogen-bond acceptors (Lipinski definition) is 3. The Bertz CT molecular complexity index is 1150. The van der Waals surface area contributed by atoms with Gasteiger partial charge in [0.2, 0.25) is 0 Å². The second-order valence-electron chi connectivity index (χ2n) is 6.40. The lowest BCUT2D eigenvalue weighted by molar-refractivity contribution is 1.36. The topological polar surface area (TPSA) is 0 Å². The SMILES string of the molecule is CSc1cccc2c1C#Cc1cccc(SC)c1C#Cc1cccc(SC)c1C#C2. The first-order chi connectivity index (χ1) is 14.7. The van der Waals surface area contributed by atoms with Crippen molar-refractivity contribution in [3.63, 3.8) is 0 Å². The van der Waals surface area contributed by atoms with Crippen LogP contribution < -0.4 is 0 Å². The summed E-state index contributed by atoms with van der Waals surface area (Å²) in [6.07, 6.45) is 6.23. The molecule has 1 aliphatic rings. The van der Waals surface area contributed by atoms with E-state index in [0.29, 0.717) is 0 Å². The molecule has 3 heteroatoms. The summed E-state index contributed by atoms with van der Waals surface area (Å²) in [4.78, 5) is 3.41. The molecule has 1 aliphatic carbocycles. The highest BCUT2D eigenvalue weighted by Crippen LogP contribution is 2.27. The summed E-state index contributed by atoms with van der Waals surface area (Å²) in [6.45, 7) is 0. The molecular formula is C27H18S3. The van der Waals surface area contributed by atoms with Gasteiger partial charge in [-0.1, -0.05) is 53.7 Å². The first-order valence-electron chi connectivity index (χ1n) is 9.32. The predicted octanol–water partition coefficient (Wildman–Crippen LogP) is 6.37. The minimum Gasteiger partial charge on any atom is -0.128 e. The Balaban J connectivity index is 2.10. The summed E-state index contributed by atoms with van der Waals surface area (Å²) in [5.41, 5.74) is 5.80. The number of hydrogen-bond donors (Lipinski definition) is 0. The normalized spacial score (nSPS) is 10.9. The summed E-state index contributed by atoms with van der Waals surface area (Å²) in [5.74, 6) is 20.4. The Morgan fingerprint density at radius 3 is 1.00 bits per heavy atom. The molecule has 0 spiro atoms. The molecule has 0 fully saturated rings. The highest BCUT2D eigenvalue weighted by atomic mass is 32.2. The molecule has 0 unspecified atom stereocenters. The maximum absolute atomic E-state index is 3.41. The third-order valence-electron chi connectivity index (χ3n) is 4.70. The summed E-state index contributed by atoms with van der Waals surface area (Å²) in [5, 5.41) is 0. The smallest absolute Gasteiger partial charge is 0.0541 e. The van der Waals surface area contributed by atoms with E-state index in [0.717, 1.165) is 48.1 Å². The molecule has 144 valence electrons. The van der Waals surface area contributed by atoms with Gasteiger partial charge >= 0.3 is 0 Å². The fourth-order valence-electron chi connectivity index (χ4n) is 3.19. The molecule has 4 rings (SSSR count). The van der Waals surface area contributed by atoms with Gasteiger partial charge in [0.05, 0.1) is 16.7 Å². The van der Waals surface area contributed by atoms with Gasteiger partial charge in [0.1, 0.15) is 0 Å². The molecule has 3 aromatic rings. The van der Waals surface area contributed by atoms with Crippen molar-refractivity contribution in [2.75, 3.05) is 18.8 Å². The average Bonchev–Trinajstić information content (AvgIpc) is 2.79. The van der Waals surface area contributed by atoms with Crippen LogP contribution in [-0.2, 0) is 0 Å². The number of rotatable bonds is 3. The molecule has 0 nitrogen and oxygen atoms in total. The molecule has 0 aromatic heterocycles.